The Labute approximate surface area is 773 Å². The van der Waals surface area contributed by atoms with Crippen LogP contribution >= 0.6 is 0 Å². The van der Waals surface area contributed by atoms with Gasteiger partial charge in [-0.05, 0) is 243 Å². The third-order valence-electron chi connectivity index (χ3n) is 16.8. The van der Waals surface area contributed by atoms with Crippen LogP contribution in [0.25, 0.3) is 4.13 Å². The van der Waals surface area contributed by atoms with Crippen molar-refractivity contribution < 1.29 is 189 Å². The minimum absolute atomic E-state index is 0. The van der Waals surface area contributed by atoms with Crippen molar-refractivity contribution in [1.29, 1.82) is 0 Å². The number of alkyl halides is 3. The van der Waals surface area contributed by atoms with Crippen molar-refractivity contribution >= 4 is 144 Å². The quantitative estimate of drug-likeness (QED) is 0.0256. The maximum atomic E-state index is 12.4. The Kier molecular flexibility index (Phi) is 64.5. The molecule has 0 amide bonds. The molecule has 0 rings (SSSR count). The Bertz CT molecular complexity index is 3090. The number of carboxylic acid groups (broad SMARTS) is 1. The Balaban J connectivity index is -0.000000403. The second-order valence-corrected chi connectivity index (χ2v) is 81.1. The van der Waals surface area contributed by atoms with Gasteiger partial charge in [-0.25, -0.2) is 16.8 Å². The first-order chi connectivity index (χ1) is 52.8. The minimum Gasteiger partial charge on any atom is -0.481 e. The summed E-state index contributed by atoms with van der Waals surface area (Å²) in [4.78, 5) is 56.7. The van der Waals surface area contributed by atoms with Gasteiger partial charge in [0.2, 0.25) is 10.3 Å². The maximum absolute atomic E-state index is 12.4. The number of methoxy groups -OCH3 is 1. The van der Waals surface area contributed by atoms with E-state index < -0.39 is 161 Å². The molecule has 0 saturated heterocycles. The number of carbonyl (C=O) groups is 5. The largest absolute Gasteiger partial charge is 1.00 e. The van der Waals surface area contributed by atoms with Gasteiger partial charge in [-0.3, -0.25) is 28.2 Å². The molecule has 0 fully saturated rings. The van der Waals surface area contributed by atoms with E-state index in [0.29, 0.717) is 65.7 Å². The van der Waals surface area contributed by atoms with Gasteiger partial charge in [0.25, 0.3) is 0 Å². The number of rotatable bonds is 57. The molecule has 46 heteroatoms. The number of ether oxygens (including phenoxy) is 7. The summed E-state index contributed by atoms with van der Waals surface area (Å²) in [5, 5.41) is 8.44. The molecule has 0 saturated carbocycles. The van der Waals surface area contributed by atoms with Crippen LogP contribution in [0.4, 0.5) is 13.2 Å². The van der Waals surface area contributed by atoms with Gasteiger partial charge < -0.3 is 83.5 Å². The number of carbonyl (C=O) groups excluding carboxylic acids is 4. The van der Waals surface area contributed by atoms with E-state index in [1.165, 1.54) is 38.5 Å². The average molecular weight is 1970 g/mol. The first kappa shape index (κ1) is 130. The van der Waals surface area contributed by atoms with E-state index in [1.54, 1.807) is 45.9 Å². The number of aliphatic carboxylic acids is 1. The first-order valence-corrected chi connectivity index (χ1v) is 76.0. The number of nitrogens with zero attached hydrogens (tertiary/aromatic N) is 1. The van der Waals surface area contributed by atoms with Gasteiger partial charge in [0.15, 0.2) is 26.7 Å². The zero-order valence-corrected chi connectivity index (χ0v) is 96.7. The first-order valence-electron chi connectivity index (χ1n) is 41.4. The molecule has 1 N–H and O–H groups in total. The molecule has 708 valence electrons. The molecule has 0 aromatic heterocycles. The van der Waals surface area contributed by atoms with E-state index in [1.807, 2.05) is 55.4 Å². The zero-order valence-electron chi connectivity index (χ0n) is 81.0. The molecule has 0 aliphatic carbocycles. The van der Waals surface area contributed by atoms with Gasteiger partial charge >= 0.3 is 164 Å². The van der Waals surface area contributed by atoms with Gasteiger partial charge in [0, 0.05) is 7.11 Å². The molecule has 0 aliphatic rings. The van der Waals surface area contributed by atoms with Crippen molar-refractivity contribution in [2.24, 2.45) is 28.1 Å². The molecule has 0 heterocycles. The van der Waals surface area contributed by atoms with Crippen LogP contribution in [-0.2, 0) is 123 Å². The number of hydrogen-bond acceptors (Lipinski definition) is 27. The van der Waals surface area contributed by atoms with Gasteiger partial charge in [-0.2, -0.15) is 13.2 Å². The number of halogens is 3. The third kappa shape index (κ3) is 70.0. The molecule has 0 spiro atoms. The molecule has 2 unspecified atom stereocenters. The van der Waals surface area contributed by atoms with Crippen LogP contribution < -0.4 is 51.4 Å². The second kappa shape index (κ2) is 59.0. The van der Waals surface area contributed by atoms with Crippen LogP contribution in [0.15, 0.2) is 0 Å². The van der Waals surface area contributed by atoms with Gasteiger partial charge in [-0.15, -0.1) is 0 Å². The standard InChI is InChI=1S/C32H86O12Si11.C14H28O2.C12H24O5.C9H15F3NO7S2.C6H12O2.K/c1-27-32(2,3)31(33)34-29-28-30-46(7,8)36-48(11,12)38-50(15,16)40-52(19,20)42-54(23,24)44-55(25,26)43-53(21,22)41-51(17,18)39-49(13,14)37-47(9,10)35-45(4,5)6;1-4-6-7-8-9-10-11-12-16-14(15)13(3)5-2;1-4-11(2)12(13)17-10-9-16-8-7-15-6-5-14-3;1-4-8(2,3)7(14)19-5-6-20-22(17,18)13-21(15,16)9(10,11)12;1-4-6(2,3)5(7)8;/h27-30H2,1-26H3;13H,4-12H2,1-3H3;11H,4-10H2,1-3H3;4-6H2,1-3H3;4H2,1-3H3,(H,7,8);/q;;;-1;;+1. The Hall–Kier alpha value is 0.462. The summed E-state index contributed by atoms with van der Waals surface area (Å²) in [6, 6.07) is 0.872. The molecule has 0 aromatic carbocycles. The summed E-state index contributed by atoms with van der Waals surface area (Å²) >= 11 is 0. The molecular weight excluding hydrogens is 1810 g/mol. The summed E-state index contributed by atoms with van der Waals surface area (Å²) in [6.45, 7) is 76.8. The Morgan fingerprint density at radius 2 is 0.664 bits per heavy atom. The molecule has 2 atom stereocenters. The number of sulfonamides is 1. The van der Waals surface area contributed by atoms with Crippen LogP contribution in [-0.4, -0.2) is 224 Å². The van der Waals surface area contributed by atoms with E-state index >= 15 is 0 Å². The molecule has 119 heavy (non-hydrogen) atoms. The molecular formula is C73H165F3KNO28S2Si11. The van der Waals surface area contributed by atoms with Gasteiger partial charge in [-0.1, -0.05) is 93.9 Å². The van der Waals surface area contributed by atoms with E-state index in [2.05, 4.69) is 166 Å². The molecule has 0 bridgehead atoms. The van der Waals surface area contributed by atoms with E-state index in [9.17, 15) is 54.0 Å². The van der Waals surface area contributed by atoms with Gasteiger partial charge in [0.1, 0.15) is 13.2 Å². The molecule has 0 aliphatic heterocycles. The van der Waals surface area contributed by atoms with Crippen LogP contribution in [0, 0.1) is 28.1 Å². The van der Waals surface area contributed by atoms with Crippen LogP contribution in [0.3, 0.4) is 0 Å². The number of unbranched alkanes of at least 4 members (excludes halogenated alkanes) is 6. The van der Waals surface area contributed by atoms with Crippen molar-refractivity contribution in [3.63, 3.8) is 0 Å². The fraction of sp³-hybridized carbons (Fsp3) is 0.932. The van der Waals surface area contributed by atoms with Crippen molar-refractivity contribution in [3.05, 3.63) is 4.13 Å². The topological polar surface area (TPSA) is 354 Å². The van der Waals surface area contributed by atoms with Crippen molar-refractivity contribution in [1.82, 2.24) is 0 Å². The smallest absolute Gasteiger partial charge is 0.481 e. The normalized spacial score (nSPS) is 13.9. The van der Waals surface area contributed by atoms with Crippen molar-refractivity contribution in [2.75, 3.05) is 73.2 Å². The average Bonchev–Trinajstić information content (AvgIpc) is 0.803. The Morgan fingerprint density at radius 3 is 0.966 bits per heavy atom. The molecule has 29 nitrogen and oxygen atoms in total. The van der Waals surface area contributed by atoms with E-state index in [-0.39, 0.29) is 81.1 Å². The maximum Gasteiger partial charge on any atom is 1.00 e. The van der Waals surface area contributed by atoms with Crippen LogP contribution in [0.1, 0.15) is 180 Å². The van der Waals surface area contributed by atoms with E-state index in [0.717, 1.165) is 38.1 Å². The second-order valence-electron chi connectivity index (χ2n) is 36.4. The van der Waals surface area contributed by atoms with Crippen LogP contribution in [0.5, 0.6) is 0 Å². The number of esters is 4. The van der Waals surface area contributed by atoms with Crippen LogP contribution in [0.2, 0.25) is 157 Å². The molecule has 0 aromatic rings. The summed E-state index contributed by atoms with van der Waals surface area (Å²) in [7, 11) is -37.6. The SMILES string of the molecule is CCC(C)(C)C(=O)O.CCC(C)(C)C(=O)OCCC[Si](C)(C)O[Si](C)(C)O[Si](C)(C)O[Si](C)(C)O[Si](C)(C)O[Si](C)(C)O[Si](C)(C)O[Si](C)(C)O[Si](C)(C)O[Si](C)(C)O[Si](C)(C)C.CCC(C)(C)C(=O)OCCOS(=O)(=O)[N-]S(=O)(=O)C(F)(F)F.CCC(C)C(=O)OCCOCCOCCOC.CCCCCCCCCOC(=O)C(C)CC.[K+]. The van der Waals surface area contributed by atoms with Crippen molar-refractivity contribution in [2.45, 2.75) is 343 Å². The predicted octanol–water partition coefficient (Wildman–Crippen LogP) is 16.4. The van der Waals surface area contributed by atoms with Crippen molar-refractivity contribution in [3.8, 4) is 0 Å². The Morgan fingerprint density at radius 1 is 0.378 bits per heavy atom. The predicted molar refractivity (Wildman–Crippen MR) is 486 cm³/mol. The zero-order chi connectivity index (χ0) is 93.9. The fourth-order valence-electron chi connectivity index (χ4n) is 10.8. The number of hydrogen-bond donors (Lipinski definition) is 1. The van der Waals surface area contributed by atoms with Gasteiger partial charge in [0.05, 0.1) is 80.9 Å². The summed E-state index contributed by atoms with van der Waals surface area (Å²) in [5.74, 6) is -1.70. The summed E-state index contributed by atoms with van der Waals surface area (Å²) in [5.41, 5.74) is -7.69. The summed E-state index contributed by atoms with van der Waals surface area (Å²) < 4.78 is 188. The summed E-state index contributed by atoms with van der Waals surface area (Å²) in [6.07, 6.45) is 13.1. The molecule has 0 radical (unpaired) electrons. The minimum atomic E-state index is -6.23. The third-order valence-corrected chi connectivity index (χ3v) is 61.0. The fourth-order valence-corrected chi connectivity index (χ4v) is 68.0. The number of carboxylic acids is 1. The monoisotopic (exact) mass is 1970 g/mol. The van der Waals surface area contributed by atoms with E-state index in [4.69, 9.17) is 74.7 Å².